The van der Waals surface area contributed by atoms with Gasteiger partial charge in [0.15, 0.2) is 0 Å². The topological polar surface area (TPSA) is 62.5 Å². The molecule has 0 aromatic carbocycles. The molecular weight excluding hydrogens is 385 g/mol. The molecule has 1 unspecified atom stereocenters. The Balaban J connectivity index is 1.50. The van der Waals surface area contributed by atoms with Crippen LogP contribution in [-0.4, -0.2) is 51.0 Å². The van der Waals surface area contributed by atoms with E-state index in [4.69, 9.17) is 4.52 Å². The zero-order chi connectivity index (χ0) is 20.8. The van der Waals surface area contributed by atoms with Crippen molar-refractivity contribution in [3.63, 3.8) is 0 Å². The highest BCUT2D eigenvalue weighted by Crippen LogP contribution is 2.40. The Hall–Kier alpha value is -2.42. The first-order valence-electron chi connectivity index (χ1n) is 9.69. The van der Waals surface area contributed by atoms with E-state index in [9.17, 15) is 18.0 Å². The van der Waals surface area contributed by atoms with Crippen molar-refractivity contribution >= 4 is 5.91 Å². The van der Waals surface area contributed by atoms with E-state index in [-0.39, 0.29) is 17.0 Å². The molecule has 0 N–H and O–H groups in total. The molecule has 1 spiro atoms. The Morgan fingerprint density at radius 2 is 2.07 bits per heavy atom. The Bertz CT molecular complexity index is 907. The van der Waals surface area contributed by atoms with E-state index in [1.54, 1.807) is 4.90 Å². The fourth-order valence-corrected chi connectivity index (χ4v) is 4.40. The molecule has 0 aliphatic carbocycles. The summed E-state index contributed by atoms with van der Waals surface area (Å²) < 4.78 is 44.1. The third-order valence-electron chi connectivity index (χ3n) is 6.19. The van der Waals surface area contributed by atoms with Crippen LogP contribution in [0, 0.1) is 13.8 Å². The number of carbonyl (C=O) groups is 1. The van der Waals surface area contributed by atoms with Gasteiger partial charge in [0.1, 0.15) is 11.5 Å². The van der Waals surface area contributed by atoms with Crippen LogP contribution in [0.3, 0.4) is 0 Å². The Labute approximate surface area is 166 Å². The van der Waals surface area contributed by atoms with Crippen molar-refractivity contribution in [3.05, 3.63) is 46.6 Å². The van der Waals surface area contributed by atoms with Crippen molar-refractivity contribution in [1.29, 1.82) is 0 Å². The first-order valence-corrected chi connectivity index (χ1v) is 9.69. The average molecular weight is 408 g/mol. The lowest BCUT2D eigenvalue weighted by Crippen LogP contribution is -2.67. The number of piperidine rings is 1. The SMILES string of the molecule is Cc1noc(C)c1CN1CCC12CCCN(C(=O)c1ccnc(C(F)(F)F)c1)C2. The minimum Gasteiger partial charge on any atom is -0.361 e. The van der Waals surface area contributed by atoms with E-state index in [0.29, 0.717) is 19.6 Å². The second kappa shape index (κ2) is 7.12. The van der Waals surface area contributed by atoms with E-state index < -0.39 is 11.9 Å². The molecule has 2 saturated heterocycles. The molecule has 0 radical (unpaired) electrons. The summed E-state index contributed by atoms with van der Waals surface area (Å²) in [4.78, 5) is 20.3. The van der Waals surface area contributed by atoms with Gasteiger partial charge in [0.25, 0.3) is 5.91 Å². The molecule has 2 aromatic heterocycles. The zero-order valence-electron chi connectivity index (χ0n) is 16.4. The summed E-state index contributed by atoms with van der Waals surface area (Å²) in [5, 5.41) is 4.01. The van der Waals surface area contributed by atoms with Gasteiger partial charge in [-0.05, 0) is 45.2 Å². The van der Waals surface area contributed by atoms with E-state index in [0.717, 1.165) is 55.1 Å². The molecule has 9 heteroatoms. The van der Waals surface area contributed by atoms with Crippen molar-refractivity contribution < 1.29 is 22.5 Å². The standard InChI is InChI=1S/C20H23F3N4O2/c1-13-16(14(2)29-25-13)11-27-9-6-19(27)5-3-8-26(12-19)18(28)15-4-7-24-17(10-15)20(21,22)23/h4,7,10H,3,5-6,8-9,11-12H2,1-2H3. The minimum atomic E-state index is -4.57. The average Bonchev–Trinajstić information content (AvgIpc) is 3.02. The van der Waals surface area contributed by atoms with Gasteiger partial charge < -0.3 is 9.42 Å². The van der Waals surface area contributed by atoms with Crippen molar-refractivity contribution in [2.45, 2.75) is 51.4 Å². The number of amides is 1. The maximum absolute atomic E-state index is 13.0. The first-order chi connectivity index (χ1) is 13.7. The number of halogens is 3. The van der Waals surface area contributed by atoms with Gasteiger partial charge in [-0.3, -0.25) is 14.7 Å². The largest absolute Gasteiger partial charge is 0.433 e. The molecule has 2 aliphatic heterocycles. The molecule has 2 aliphatic rings. The van der Waals surface area contributed by atoms with Crippen LogP contribution < -0.4 is 0 Å². The van der Waals surface area contributed by atoms with E-state index in [2.05, 4.69) is 15.0 Å². The summed E-state index contributed by atoms with van der Waals surface area (Å²) in [5.41, 5.74) is 0.783. The molecule has 2 aromatic rings. The van der Waals surface area contributed by atoms with E-state index >= 15 is 0 Å². The lowest BCUT2D eigenvalue weighted by atomic mass is 9.77. The van der Waals surface area contributed by atoms with Crippen LogP contribution in [-0.2, 0) is 12.7 Å². The van der Waals surface area contributed by atoms with Gasteiger partial charge in [-0.2, -0.15) is 13.2 Å². The molecule has 6 nitrogen and oxygen atoms in total. The summed E-state index contributed by atoms with van der Waals surface area (Å²) in [6, 6.07) is 2.19. The van der Waals surface area contributed by atoms with Crippen molar-refractivity contribution in [2.24, 2.45) is 0 Å². The Kier molecular flexibility index (Phi) is 4.88. The van der Waals surface area contributed by atoms with Crippen LogP contribution in [0.5, 0.6) is 0 Å². The summed E-state index contributed by atoms with van der Waals surface area (Å²) in [6.45, 7) is 6.48. The van der Waals surface area contributed by atoms with Crippen LogP contribution >= 0.6 is 0 Å². The van der Waals surface area contributed by atoms with Gasteiger partial charge in [-0.25, -0.2) is 0 Å². The number of rotatable bonds is 3. The lowest BCUT2D eigenvalue weighted by molar-refractivity contribution is -0.141. The van der Waals surface area contributed by atoms with Crippen LogP contribution in [0.15, 0.2) is 22.9 Å². The van der Waals surface area contributed by atoms with E-state index in [1.165, 1.54) is 6.07 Å². The summed E-state index contributed by atoms with van der Waals surface area (Å²) in [7, 11) is 0. The highest BCUT2D eigenvalue weighted by molar-refractivity contribution is 5.94. The van der Waals surface area contributed by atoms with E-state index in [1.807, 2.05) is 13.8 Å². The Morgan fingerprint density at radius 3 is 2.69 bits per heavy atom. The second-order valence-electron chi connectivity index (χ2n) is 7.96. The molecule has 0 saturated carbocycles. The fraction of sp³-hybridized carbons (Fsp3) is 0.550. The fourth-order valence-electron chi connectivity index (χ4n) is 4.40. The number of nitrogens with zero attached hydrogens (tertiary/aromatic N) is 4. The van der Waals surface area contributed by atoms with Gasteiger partial charge in [-0.15, -0.1) is 0 Å². The highest BCUT2D eigenvalue weighted by atomic mass is 19.4. The first kappa shape index (κ1) is 19.9. The number of pyridine rings is 1. The number of carbonyl (C=O) groups excluding carboxylic acids is 1. The second-order valence-corrected chi connectivity index (χ2v) is 7.96. The van der Waals surface area contributed by atoms with Crippen LogP contribution in [0.25, 0.3) is 0 Å². The monoisotopic (exact) mass is 408 g/mol. The smallest absolute Gasteiger partial charge is 0.361 e. The maximum Gasteiger partial charge on any atom is 0.433 e. The number of hydrogen-bond donors (Lipinski definition) is 0. The molecule has 4 rings (SSSR count). The van der Waals surface area contributed by atoms with Crippen LogP contribution in [0.2, 0.25) is 0 Å². The predicted octanol–water partition coefficient (Wildman–Crippen LogP) is 3.59. The number of alkyl halides is 3. The van der Waals surface area contributed by atoms with Gasteiger partial charge >= 0.3 is 6.18 Å². The van der Waals surface area contributed by atoms with Gasteiger partial charge in [0, 0.05) is 49.0 Å². The zero-order valence-corrected chi connectivity index (χ0v) is 16.4. The highest BCUT2D eigenvalue weighted by Gasteiger charge is 2.48. The molecule has 1 amide bonds. The van der Waals surface area contributed by atoms with Crippen molar-refractivity contribution in [2.75, 3.05) is 19.6 Å². The minimum absolute atomic E-state index is 0.0287. The van der Waals surface area contributed by atoms with Crippen molar-refractivity contribution in [1.82, 2.24) is 19.9 Å². The molecule has 2 fully saturated rings. The third-order valence-corrected chi connectivity index (χ3v) is 6.19. The maximum atomic E-state index is 13.0. The lowest BCUT2D eigenvalue weighted by Gasteiger charge is -2.57. The Morgan fingerprint density at radius 1 is 1.28 bits per heavy atom. The van der Waals surface area contributed by atoms with Crippen LogP contribution in [0.4, 0.5) is 13.2 Å². The summed E-state index contributed by atoms with van der Waals surface area (Å²) in [5.74, 6) is 0.422. The number of hydrogen-bond acceptors (Lipinski definition) is 5. The third kappa shape index (κ3) is 3.63. The van der Waals surface area contributed by atoms with Crippen LogP contribution in [0.1, 0.15) is 52.3 Å². The number of aromatic nitrogens is 2. The quantitative estimate of drug-likeness (QED) is 0.777. The molecular formula is C20H23F3N4O2. The number of likely N-dealkylation sites (tertiary alicyclic amines) is 2. The molecule has 0 bridgehead atoms. The molecule has 1 atom stereocenters. The van der Waals surface area contributed by atoms with Gasteiger partial charge in [-0.1, -0.05) is 5.16 Å². The van der Waals surface area contributed by atoms with Gasteiger partial charge in [0.05, 0.1) is 5.69 Å². The number of aryl methyl sites for hydroxylation is 2. The van der Waals surface area contributed by atoms with Crippen molar-refractivity contribution in [3.8, 4) is 0 Å². The summed E-state index contributed by atoms with van der Waals surface area (Å²) in [6.07, 6.45) is -0.781. The summed E-state index contributed by atoms with van der Waals surface area (Å²) >= 11 is 0. The molecule has 156 valence electrons. The predicted molar refractivity (Wildman–Crippen MR) is 98.1 cm³/mol. The molecule has 29 heavy (non-hydrogen) atoms. The normalized spacial score (nSPS) is 22.7. The molecule has 4 heterocycles. The van der Waals surface area contributed by atoms with Gasteiger partial charge in [0.2, 0.25) is 0 Å².